The van der Waals surface area contributed by atoms with Crippen LogP contribution in [0.15, 0.2) is 48.5 Å². The van der Waals surface area contributed by atoms with Gasteiger partial charge in [0.25, 0.3) is 0 Å². The van der Waals surface area contributed by atoms with E-state index in [9.17, 15) is 18.4 Å². The first kappa shape index (κ1) is 25.8. The molecule has 0 radical (unpaired) electrons. The summed E-state index contributed by atoms with van der Waals surface area (Å²) in [5.41, 5.74) is 0.121. The summed E-state index contributed by atoms with van der Waals surface area (Å²) in [5, 5.41) is -0.106. The molecule has 1 aliphatic rings. The highest BCUT2D eigenvalue weighted by atomic mass is 32.1. The number of rotatable bonds is 6. The zero-order valence-electron chi connectivity index (χ0n) is 19.5. The fourth-order valence-electron chi connectivity index (χ4n) is 3.75. The first-order valence-corrected chi connectivity index (χ1v) is 11.6. The Kier molecular flexibility index (Phi) is 8.41. The molecule has 0 aliphatic carbocycles. The molecule has 2 amide bonds. The average Bonchev–Trinajstić information content (AvgIpc) is 3.14. The second kappa shape index (κ2) is 11.1. The molecular formula is C25H30F2N2O4S. The number of benzene rings is 2. The normalized spacial score (nSPS) is 18.0. The first-order chi connectivity index (χ1) is 16.0. The van der Waals surface area contributed by atoms with Crippen LogP contribution in [0.3, 0.4) is 0 Å². The summed E-state index contributed by atoms with van der Waals surface area (Å²) in [7, 11) is 0. The van der Waals surface area contributed by atoms with Gasteiger partial charge in [0.15, 0.2) is 0 Å². The molecule has 2 atom stereocenters. The standard InChI is InChI=1S/C25H30F2N2O4S/c1-25(2,3)33-24(31)29-15-21(34)12-20(29)14-28(13-18-11-19(26)9-10-22(18)27)23(30)32-16-17-7-5-4-6-8-17/h4-11,20-21,34H,12-16H2,1-3H3/t20-,21+/m0/s1. The SMILES string of the molecule is CC(C)(C)OC(=O)N1C[C@H](S)C[C@H]1CN(Cc1cc(F)ccc1F)C(=O)OCc1ccccc1. The van der Waals surface area contributed by atoms with Gasteiger partial charge in [-0.25, -0.2) is 18.4 Å². The lowest BCUT2D eigenvalue weighted by atomic mass is 10.1. The topological polar surface area (TPSA) is 59.1 Å². The number of carbonyl (C=O) groups is 2. The lowest BCUT2D eigenvalue weighted by Crippen LogP contribution is -2.46. The van der Waals surface area contributed by atoms with Gasteiger partial charge in [-0.15, -0.1) is 0 Å². The molecule has 0 bridgehead atoms. The molecule has 1 aliphatic heterocycles. The van der Waals surface area contributed by atoms with E-state index in [1.54, 1.807) is 20.8 Å². The zero-order chi connectivity index (χ0) is 24.9. The van der Waals surface area contributed by atoms with E-state index in [2.05, 4.69) is 12.6 Å². The van der Waals surface area contributed by atoms with Gasteiger partial charge < -0.3 is 19.3 Å². The summed E-state index contributed by atoms with van der Waals surface area (Å²) in [5.74, 6) is -1.24. The van der Waals surface area contributed by atoms with Crippen LogP contribution in [0.2, 0.25) is 0 Å². The second-order valence-electron chi connectivity index (χ2n) is 9.33. The molecule has 6 nitrogen and oxygen atoms in total. The fourth-order valence-corrected chi connectivity index (χ4v) is 4.17. The van der Waals surface area contributed by atoms with Crippen LogP contribution in [0.1, 0.15) is 38.3 Å². The van der Waals surface area contributed by atoms with Gasteiger partial charge in [0.05, 0.1) is 12.6 Å². The number of ether oxygens (including phenoxy) is 2. The van der Waals surface area contributed by atoms with E-state index < -0.39 is 35.5 Å². The van der Waals surface area contributed by atoms with E-state index in [0.717, 1.165) is 23.8 Å². The highest BCUT2D eigenvalue weighted by molar-refractivity contribution is 7.81. The first-order valence-electron chi connectivity index (χ1n) is 11.1. The van der Waals surface area contributed by atoms with E-state index >= 15 is 0 Å². The molecule has 2 aromatic carbocycles. The van der Waals surface area contributed by atoms with Crippen molar-refractivity contribution in [2.45, 2.75) is 57.2 Å². The Bertz CT molecular complexity index is 1000. The van der Waals surface area contributed by atoms with Gasteiger partial charge in [-0.3, -0.25) is 0 Å². The van der Waals surface area contributed by atoms with Crippen LogP contribution in [-0.2, 0) is 22.6 Å². The van der Waals surface area contributed by atoms with Crippen LogP contribution < -0.4 is 0 Å². The Morgan fingerprint density at radius 3 is 2.53 bits per heavy atom. The minimum absolute atomic E-state index is 0.0147. The highest BCUT2D eigenvalue weighted by Gasteiger charge is 2.38. The summed E-state index contributed by atoms with van der Waals surface area (Å²) in [6.07, 6.45) is -0.695. The van der Waals surface area contributed by atoms with E-state index in [4.69, 9.17) is 9.47 Å². The molecule has 9 heteroatoms. The predicted molar refractivity (Wildman–Crippen MR) is 128 cm³/mol. The zero-order valence-corrected chi connectivity index (χ0v) is 20.4. The predicted octanol–water partition coefficient (Wildman–Crippen LogP) is 5.41. The molecule has 34 heavy (non-hydrogen) atoms. The molecule has 0 saturated carbocycles. The molecular weight excluding hydrogens is 462 g/mol. The van der Waals surface area contributed by atoms with Crippen molar-refractivity contribution in [1.82, 2.24) is 9.80 Å². The summed E-state index contributed by atoms with van der Waals surface area (Å²) in [6, 6.07) is 11.8. The third-order valence-corrected chi connectivity index (χ3v) is 5.66. The lowest BCUT2D eigenvalue weighted by Gasteiger charge is -2.32. The molecule has 0 unspecified atom stereocenters. The maximum absolute atomic E-state index is 14.4. The lowest BCUT2D eigenvalue weighted by molar-refractivity contribution is 0.0182. The van der Waals surface area contributed by atoms with E-state index in [1.807, 2.05) is 30.3 Å². The number of amides is 2. The Hall–Kier alpha value is -2.81. The summed E-state index contributed by atoms with van der Waals surface area (Å²) in [4.78, 5) is 28.6. The number of thiol groups is 1. The number of carbonyl (C=O) groups excluding carboxylic acids is 2. The van der Waals surface area contributed by atoms with Crippen molar-refractivity contribution in [3.63, 3.8) is 0 Å². The minimum Gasteiger partial charge on any atom is -0.445 e. The molecule has 2 aromatic rings. The molecule has 1 fully saturated rings. The van der Waals surface area contributed by atoms with Gasteiger partial charge in [0.2, 0.25) is 0 Å². The van der Waals surface area contributed by atoms with Crippen molar-refractivity contribution in [3.05, 3.63) is 71.3 Å². The maximum atomic E-state index is 14.4. The van der Waals surface area contributed by atoms with Crippen LogP contribution in [-0.4, -0.2) is 52.0 Å². The summed E-state index contributed by atoms with van der Waals surface area (Å²) in [6.45, 7) is 5.53. The number of likely N-dealkylation sites (tertiary alicyclic amines) is 1. The monoisotopic (exact) mass is 492 g/mol. The van der Waals surface area contributed by atoms with Crippen molar-refractivity contribution in [1.29, 1.82) is 0 Å². The maximum Gasteiger partial charge on any atom is 0.410 e. The van der Waals surface area contributed by atoms with Crippen molar-refractivity contribution in [2.75, 3.05) is 13.1 Å². The molecule has 3 rings (SSSR count). The summed E-state index contributed by atoms with van der Waals surface area (Å²) >= 11 is 4.52. The third-order valence-electron chi connectivity index (χ3n) is 5.28. The van der Waals surface area contributed by atoms with Crippen molar-refractivity contribution in [2.24, 2.45) is 0 Å². The highest BCUT2D eigenvalue weighted by Crippen LogP contribution is 2.26. The minimum atomic E-state index is -0.695. The largest absolute Gasteiger partial charge is 0.445 e. The smallest absolute Gasteiger partial charge is 0.410 e. The molecule has 1 heterocycles. The van der Waals surface area contributed by atoms with Gasteiger partial charge in [0.1, 0.15) is 23.8 Å². The third kappa shape index (κ3) is 7.35. The quantitative estimate of drug-likeness (QED) is 0.548. The van der Waals surface area contributed by atoms with Crippen LogP contribution in [0.25, 0.3) is 0 Å². The number of nitrogens with zero attached hydrogens (tertiary/aromatic N) is 2. The molecule has 0 N–H and O–H groups in total. The van der Waals surface area contributed by atoms with Gasteiger partial charge >= 0.3 is 12.2 Å². The molecule has 0 aromatic heterocycles. The fraction of sp³-hybridized carbons (Fsp3) is 0.440. The van der Waals surface area contributed by atoms with Gasteiger partial charge in [-0.05, 0) is 51.0 Å². The van der Waals surface area contributed by atoms with E-state index in [-0.39, 0.29) is 30.5 Å². The van der Waals surface area contributed by atoms with E-state index in [1.165, 1.54) is 9.80 Å². The molecule has 184 valence electrons. The van der Waals surface area contributed by atoms with Crippen LogP contribution >= 0.6 is 12.6 Å². The number of hydrogen-bond donors (Lipinski definition) is 1. The van der Waals surface area contributed by atoms with Crippen molar-refractivity contribution < 1.29 is 27.8 Å². The number of halogens is 2. The second-order valence-corrected chi connectivity index (χ2v) is 10.1. The van der Waals surface area contributed by atoms with Crippen molar-refractivity contribution >= 4 is 24.8 Å². The number of hydrogen-bond acceptors (Lipinski definition) is 5. The molecule has 1 saturated heterocycles. The van der Waals surface area contributed by atoms with Crippen LogP contribution in [0, 0.1) is 11.6 Å². The molecule has 0 spiro atoms. The Morgan fingerprint density at radius 2 is 1.85 bits per heavy atom. The average molecular weight is 493 g/mol. The Balaban J connectivity index is 1.79. The van der Waals surface area contributed by atoms with Crippen molar-refractivity contribution in [3.8, 4) is 0 Å². The Morgan fingerprint density at radius 1 is 1.15 bits per heavy atom. The van der Waals surface area contributed by atoms with Gasteiger partial charge in [0, 0.05) is 23.9 Å². The van der Waals surface area contributed by atoms with E-state index in [0.29, 0.717) is 13.0 Å². The Labute approximate surface area is 204 Å². The van der Waals surface area contributed by atoms with Crippen LogP contribution in [0.5, 0.6) is 0 Å². The van der Waals surface area contributed by atoms with Crippen LogP contribution in [0.4, 0.5) is 18.4 Å². The van der Waals surface area contributed by atoms with Gasteiger partial charge in [-0.2, -0.15) is 12.6 Å². The summed E-state index contributed by atoms with van der Waals surface area (Å²) < 4.78 is 39.1. The van der Waals surface area contributed by atoms with Gasteiger partial charge in [-0.1, -0.05) is 30.3 Å².